The van der Waals surface area contributed by atoms with Crippen molar-refractivity contribution >= 4 is 22.7 Å². The summed E-state index contributed by atoms with van der Waals surface area (Å²) in [6, 6.07) is 30.3. The van der Waals surface area contributed by atoms with Gasteiger partial charge in [0, 0.05) is 0 Å². The standard InChI is InChI=1S/C19H15BN/c1-21-20(17-11-5-2-6-12-17,18-13-7-3-8-14-18)19-15-9-4-10-16-19/h2-16H/q-1. The van der Waals surface area contributed by atoms with Crippen molar-refractivity contribution in [2.75, 3.05) is 0 Å². The molecule has 0 saturated heterocycles. The molecule has 100 valence electrons. The lowest BCUT2D eigenvalue weighted by atomic mass is 9.25. The molecule has 0 unspecified atom stereocenters. The van der Waals surface area contributed by atoms with Gasteiger partial charge in [0.1, 0.15) is 0 Å². The van der Waals surface area contributed by atoms with E-state index >= 15 is 0 Å². The van der Waals surface area contributed by atoms with Gasteiger partial charge in [-0.05, 0) is 0 Å². The van der Waals surface area contributed by atoms with Crippen LogP contribution < -0.4 is 16.4 Å². The first-order valence-electron chi connectivity index (χ1n) is 7.08. The minimum atomic E-state index is -1.61. The minimum Gasteiger partial charge on any atom is -0.559 e. The molecule has 0 aliphatic carbocycles. The van der Waals surface area contributed by atoms with Crippen molar-refractivity contribution < 1.29 is 0 Å². The van der Waals surface area contributed by atoms with E-state index in [0.29, 0.717) is 0 Å². The SMILES string of the molecule is [C-]#[N+][B-](c1ccccc1)(c1ccccc1)c1ccccc1. The molecule has 0 radical (unpaired) electrons. The van der Waals surface area contributed by atoms with Crippen LogP contribution in [-0.2, 0) is 0 Å². The first kappa shape index (κ1) is 13.2. The van der Waals surface area contributed by atoms with Crippen molar-refractivity contribution in [2.45, 2.75) is 0 Å². The zero-order chi connectivity index (χ0) is 14.5. The topological polar surface area (TPSA) is 4.36 Å². The van der Waals surface area contributed by atoms with Crippen LogP contribution in [0.25, 0.3) is 4.76 Å². The maximum Gasteiger partial charge on any atom is 0.426 e. The molecule has 0 heterocycles. The Morgan fingerprint density at radius 2 is 0.810 bits per heavy atom. The summed E-state index contributed by atoms with van der Waals surface area (Å²) >= 11 is 0. The fraction of sp³-hybridized carbons (Fsp3) is 0. The fourth-order valence-electron chi connectivity index (χ4n) is 3.00. The molecule has 21 heavy (non-hydrogen) atoms. The van der Waals surface area contributed by atoms with Crippen LogP contribution in [-0.4, -0.2) is 6.28 Å². The maximum atomic E-state index is 7.97. The molecule has 0 saturated carbocycles. The van der Waals surface area contributed by atoms with Crippen molar-refractivity contribution in [3.8, 4) is 0 Å². The van der Waals surface area contributed by atoms with Gasteiger partial charge in [-0.2, -0.15) is 0 Å². The fourth-order valence-corrected chi connectivity index (χ4v) is 3.00. The predicted octanol–water partition coefficient (Wildman–Crippen LogP) is 2.57. The van der Waals surface area contributed by atoms with Gasteiger partial charge < -0.3 is 11.3 Å². The maximum absolute atomic E-state index is 7.97. The van der Waals surface area contributed by atoms with E-state index in [9.17, 15) is 0 Å². The molecule has 0 amide bonds. The van der Waals surface area contributed by atoms with Gasteiger partial charge >= 0.3 is 6.28 Å². The second kappa shape index (κ2) is 5.69. The van der Waals surface area contributed by atoms with Gasteiger partial charge in [-0.1, -0.05) is 91.0 Å². The highest BCUT2D eigenvalue weighted by Gasteiger charge is 2.39. The summed E-state index contributed by atoms with van der Waals surface area (Å²) in [6.07, 6.45) is -1.61. The van der Waals surface area contributed by atoms with Crippen molar-refractivity contribution in [2.24, 2.45) is 0 Å². The molecule has 1 nitrogen and oxygen atoms in total. The van der Waals surface area contributed by atoms with Crippen LogP contribution in [0.5, 0.6) is 0 Å². The van der Waals surface area contributed by atoms with Crippen LogP contribution in [0, 0.1) is 6.57 Å². The van der Waals surface area contributed by atoms with E-state index in [1.807, 2.05) is 54.6 Å². The number of hydrogen-bond acceptors (Lipinski definition) is 0. The summed E-state index contributed by atoms with van der Waals surface area (Å²) in [5, 5.41) is 0. The molecule has 0 fully saturated rings. The van der Waals surface area contributed by atoms with Crippen LogP contribution in [0.1, 0.15) is 0 Å². The third-order valence-corrected chi connectivity index (χ3v) is 4.04. The molecular weight excluding hydrogens is 253 g/mol. The molecule has 2 heteroatoms. The Hall–Kier alpha value is -2.79. The zero-order valence-corrected chi connectivity index (χ0v) is 11.7. The Labute approximate surface area is 125 Å². The van der Waals surface area contributed by atoms with Gasteiger partial charge in [0.15, 0.2) is 0 Å². The monoisotopic (exact) mass is 268 g/mol. The van der Waals surface area contributed by atoms with E-state index in [4.69, 9.17) is 6.57 Å². The first-order chi connectivity index (χ1) is 10.4. The number of benzene rings is 3. The minimum absolute atomic E-state index is 1.06. The Bertz CT molecular complexity index is 649. The summed E-state index contributed by atoms with van der Waals surface area (Å²) in [5.74, 6) is 0. The first-order valence-corrected chi connectivity index (χ1v) is 7.08. The van der Waals surface area contributed by atoms with Crippen molar-refractivity contribution in [1.29, 1.82) is 0 Å². The van der Waals surface area contributed by atoms with E-state index in [2.05, 4.69) is 41.2 Å². The molecule has 0 spiro atoms. The van der Waals surface area contributed by atoms with E-state index in [-0.39, 0.29) is 0 Å². The van der Waals surface area contributed by atoms with Crippen LogP contribution in [0.4, 0.5) is 0 Å². The molecule has 0 aliphatic heterocycles. The molecule has 0 bridgehead atoms. The zero-order valence-electron chi connectivity index (χ0n) is 11.7. The Morgan fingerprint density at radius 1 is 0.524 bits per heavy atom. The van der Waals surface area contributed by atoms with Gasteiger partial charge in [-0.25, -0.2) is 0 Å². The predicted molar refractivity (Wildman–Crippen MR) is 90.6 cm³/mol. The summed E-state index contributed by atoms with van der Waals surface area (Å²) < 4.78 is 4.14. The smallest absolute Gasteiger partial charge is 0.426 e. The average molecular weight is 268 g/mol. The Morgan fingerprint density at radius 3 is 1.05 bits per heavy atom. The lowest BCUT2D eigenvalue weighted by molar-refractivity contribution is 1.68. The summed E-state index contributed by atoms with van der Waals surface area (Å²) in [6.45, 7) is 7.97. The van der Waals surface area contributed by atoms with Gasteiger partial charge in [0.25, 0.3) is 0 Å². The molecule has 0 aliphatic rings. The second-order valence-corrected chi connectivity index (χ2v) is 5.18. The second-order valence-electron chi connectivity index (χ2n) is 5.18. The average Bonchev–Trinajstić information content (AvgIpc) is 2.59. The number of nitrogens with zero attached hydrogens (tertiary/aromatic N) is 1. The highest BCUT2D eigenvalue weighted by atomic mass is 14.6. The normalized spacial score (nSPS) is 10.8. The third kappa shape index (κ3) is 2.24. The molecule has 3 aromatic rings. The van der Waals surface area contributed by atoms with E-state index in [1.165, 1.54) is 0 Å². The van der Waals surface area contributed by atoms with E-state index in [1.54, 1.807) is 0 Å². The number of hydrogen-bond donors (Lipinski definition) is 0. The lowest BCUT2D eigenvalue weighted by Crippen LogP contribution is -2.64. The van der Waals surface area contributed by atoms with Crippen LogP contribution >= 0.6 is 0 Å². The van der Waals surface area contributed by atoms with Crippen molar-refractivity contribution in [3.63, 3.8) is 0 Å². The summed E-state index contributed by atoms with van der Waals surface area (Å²) in [5.41, 5.74) is 3.18. The van der Waals surface area contributed by atoms with Gasteiger partial charge in [0.2, 0.25) is 0 Å². The third-order valence-electron chi connectivity index (χ3n) is 4.04. The van der Waals surface area contributed by atoms with Crippen molar-refractivity contribution in [1.82, 2.24) is 0 Å². The molecule has 0 N–H and O–H groups in total. The van der Waals surface area contributed by atoms with Gasteiger partial charge in [-0.15, -0.1) is 16.4 Å². The Kier molecular flexibility index (Phi) is 3.58. The van der Waals surface area contributed by atoms with Gasteiger partial charge in [0.05, 0.1) is 0 Å². The molecule has 0 atom stereocenters. The summed E-state index contributed by atoms with van der Waals surface area (Å²) in [4.78, 5) is 0. The van der Waals surface area contributed by atoms with Crippen molar-refractivity contribution in [3.05, 3.63) is 102 Å². The Balaban J connectivity index is 2.32. The van der Waals surface area contributed by atoms with Crippen LogP contribution in [0.2, 0.25) is 0 Å². The van der Waals surface area contributed by atoms with Crippen LogP contribution in [0.3, 0.4) is 0 Å². The highest BCUT2D eigenvalue weighted by molar-refractivity contribution is 7.13. The van der Waals surface area contributed by atoms with E-state index < -0.39 is 6.28 Å². The van der Waals surface area contributed by atoms with E-state index in [0.717, 1.165) is 16.4 Å². The largest absolute Gasteiger partial charge is 0.559 e. The van der Waals surface area contributed by atoms with Crippen LogP contribution in [0.15, 0.2) is 91.0 Å². The lowest BCUT2D eigenvalue weighted by Gasteiger charge is -2.29. The molecular formula is C19H15BN-. The molecule has 0 aromatic heterocycles. The molecule has 3 aromatic carbocycles. The quantitative estimate of drug-likeness (QED) is 0.508. The molecule has 3 rings (SSSR count). The highest BCUT2D eigenvalue weighted by Crippen LogP contribution is 2.08. The number of rotatable bonds is 3. The van der Waals surface area contributed by atoms with Gasteiger partial charge in [-0.3, -0.25) is 0 Å². The summed E-state index contributed by atoms with van der Waals surface area (Å²) in [7, 11) is 0.